The minimum absolute atomic E-state index is 0.520. The maximum Gasteiger partial charge on any atom is 0.219 e. The summed E-state index contributed by atoms with van der Waals surface area (Å²) in [6, 6.07) is 10.9. The number of rotatable bonds is 5. The minimum atomic E-state index is 0.520. The van der Waals surface area contributed by atoms with Crippen LogP contribution in [0.5, 0.6) is 23.1 Å². The van der Waals surface area contributed by atoms with Crippen molar-refractivity contribution >= 4 is 0 Å². The molecular formula is C14H15NO3. The van der Waals surface area contributed by atoms with E-state index in [9.17, 15) is 0 Å². The standard InChI is InChI=1S/C14H15NO3/c1-3-17-12-8-7-11(16-2)10-13(12)18-14-6-4-5-9-15-14/h4-10H,3H2,1-2H3. The molecule has 0 atom stereocenters. The van der Waals surface area contributed by atoms with Gasteiger partial charge in [0, 0.05) is 18.3 Å². The molecule has 0 fully saturated rings. The SMILES string of the molecule is CCOc1ccc(OC)cc1Oc1ccccn1. The minimum Gasteiger partial charge on any atom is -0.497 e. The number of hydrogen-bond donors (Lipinski definition) is 0. The number of pyridine rings is 1. The number of aromatic nitrogens is 1. The average molecular weight is 245 g/mol. The van der Waals surface area contributed by atoms with Crippen molar-refractivity contribution in [2.75, 3.05) is 13.7 Å². The second-order valence-electron chi connectivity index (χ2n) is 3.52. The Labute approximate surface area is 106 Å². The third-order valence-corrected chi connectivity index (χ3v) is 2.30. The van der Waals surface area contributed by atoms with E-state index in [0.717, 1.165) is 0 Å². The molecule has 0 aliphatic rings. The second-order valence-corrected chi connectivity index (χ2v) is 3.52. The van der Waals surface area contributed by atoms with Crippen molar-refractivity contribution in [2.45, 2.75) is 6.92 Å². The number of hydrogen-bond acceptors (Lipinski definition) is 4. The highest BCUT2D eigenvalue weighted by atomic mass is 16.5. The molecule has 0 radical (unpaired) electrons. The van der Waals surface area contributed by atoms with Gasteiger partial charge in [-0.3, -0.25) is 0 Å². The Balaban J connectivity index is 2.28. The molecule has 1 heterocycles. The van der Waals surface area contributed by atoms with Crippen LogP contribution in [0.4, 0.5) is 0 Å². The van der Waals surface area contributed by atoms with Crippen LogP contribution in [0.1, 0.15) is 6.92 Å². The molecule has 4 nitrogen and oxygen atoms in total. The van der Waals surface area contributed by atoms with Crippen molar-refractivity contribution < 1.29 is 14.2 Å². The lowest BCUT2D eigenvalue weighted by atomic mass is 10.3. The third kappa shape index (κ3) is 2.91. The molecule has 1 aromatic heterocycles. The molecule has 0 saturated carbocycles. The summed E-state index contributed by atoms with van der Waals surface area (Å²) < 4.78 is 16.4. The molecule has 0 N–H and O–H groups in total. The van der Waals surface area contributed by atoms with Crippen molar-refractivity contribution in [1.82, 2.24) is 4.98 Å². The molecule has 0 aliphatic carbocycles. The van der Waals surface area contributed by atoms with E-state index < -0.39 is 0 Å². The summed E-state index contributed by atoms with van der Waals surface area (Å²) in [6.45, 7) is 2.50. The van der Waals surface area contributed by atoms with Gasteiger partial charge in [0.05, 0.1) is 13.7 Å². The van der Waals surface area contributed by atoms with Gasteiger partial charge in [0.1, 0.15) is 5.75 Å². The van der Waals surface area contributed by atoms with Crippen LogP contribution >= 0.6 is 0 Å². The summed E-state index contributed by atoms with van der Waals surface area (Å²) in [5.74, 6) is 2.50. The molecular weight excluding hydrogens is 230 g/mol. The average Bonchev–Trinajstić information content (AvgIpc) is 2.42. The predicted octanol–water partition coefficient (Wildman–Crippen LogP) is 3.28. The van der Waals surface area contributed by atoms with Gasteiger partial charge in [-0.2, -0.15) is 0 Å². The second kappa shape index (κ2) is 5.91. The molecule has 1 aromatic carbocycles. The smallest absolute Gasteiger partial charge is 0.219 e. The van der Waals surface area contributed by atoms with Crippen LogP contribution in [-0.4, -0.2) is 18.7 Å². The Morgan fingerprint density at radius 2 is 2.00 bits per heavy atom. The Hall–Kier alpha value is -2.23. The van der Waals surface area contributed by atoms with Gasteiger partial charge in [0.15, 0.2) is 11.5 Å². The zero-order valence-electron chi connectivity index (χ0n) is 10.4. The van der Waals surface area contributed by atoms with Crippen molar-refractivity contribution in [2.24, 2.45) is 0 Å². The highest BCUT2D eigenvalue weighted by molar-refractivity contribution is 5.47. The molecule has 0 aliphatic heterocycles. The summed E-state index contributed by atoms with van der Waals surface area (Å²) in [4.78, 5) is 4.11. The van der Waals surface area contributed by atoms with Crippen LogP contribution in [0.15, 0.2) is 42.6 Å². The van der Waals surface area contributed by atoms with E-state index in [4.69, 9.17) is 14.2 Å². The molecule has 0 amide bonds. The number of nitrogens with zero attached hydrogens (tertiary/aromatic N) is 1. The summed E-state index contributed by atoms with van der Waals surface area (Å²) in [7, 11) is 1.61. The van der Waals surface area contributed by atoms with Gasteiger partial charge in [-0.05, 0) is 25.1 Å². The number of benzene rings is 1. The number of ether oxygens (including phenoxy) is 3. The van der Waals surface area contributed by atoms with Crippen LogP contribution < -0.4 is 14.2 Å². The highest BCUT2D eigenvalue weighted by Crippen LogP contribution is 2.34. The lowest BCUT2D eigenvalue weighted by molar-refractivity contribution is 0.317. The quantitative estimate of drug-likeness (QED) is 0.810. The lowest BCUT2D eigenvalue weighted by Crippen LogP contribution is -1.96. The molecule has 0 saturated heterocycles. The van der Waals surface area contributed by atoms with Gasteiger partial charge in [0.25, 0.3) is 0 Å². The zero-order valence-corrected chi connectivity index (χ0v) is 10.4. The maximum absolute atomic E-state index is 5.69. The van der Waals surface area contributed by atoms with E-state index in [1.165, 1.54) is 0 Å². The first-order valence-electron chi connectivity index (χ1n) is 5.73. The monoisotopic (exact) mass is 245 g/mol. The topological polar surface area (TPSA) is 40.6 Å². The van der Waals surface area contributed by atoms with E-state index in [2.05, 4.69) is 4.98 Å². The van der Waals surface area contributed by atoms with Crippen LogP contribution in [0, 0.1) is 0 Å². The van der Waals surface area contributed by atoms with Crippen molar-refractivity contribution in [1.29, 1.82) is 0 Å². The fourth-order valence-electron chi connectivity index (χ4n) is 1.49. The van der Waals surface area contributed by atoms with Crippen LogP contribution in [0.25, 0.3) is 0 Å². The fourth-order valence-corrected chi connectivity index (χ4v) is 1.49. The van der Waals surface area contributed by atoms with Crippen molar-refractivity contribution in [3.63, 3.8) is 0 Å². The molecule has 0 unspecified atom stereocenters. The third-order valence-electron chi connectivity index (χ3n) is 2.30. The Bertz CT molecular complexity index is 500. The Kier molecular flexibility index (Phi) is 4.02. The summed E-state index contributed by atoms with van der Waals surface area (Å²) in [6.07, 6.45) is 1.68. The van der Waals surface area contributed by atoms with Crippen molar-refractivity contribution in [3.8, 4) is 23.1 Å². The molecule has 94 valence electrons. The van der Waals surface area contributed by atoms with E-state index >= 15 is 0 Å². The first kappa shape index (κ1) is 12.2. The van der Waals surface area contributed by atoms with Gasteiger partial charge in [-0.1, -0.05) is 6.07 Å². The van der Waals surface area contributed by atoms with Crippen LogP contribution in [-0.2, 0) is 0 Å². The van der Waals surface area contributed by atoms with Crippen LogP contribution in [0.2, 0.25) is 0 Å². The lowest BCUT2D eigenvalue weighted by Gasteiger charge is -2.12. The Morgan fingerprint density at radius 3 is 2.67 bits per heavy atom. The van der Waals surface area contributed by atoms with Crippen LogP contribution in [0.3, 0.4) is 0 Å². The fraction of sp³-hybridized carbons (Fsp3) is 0.214. The molecule has 2 rings (SSSR count). The van der Waals surface area contributed by atoms with Gasteiger partial charge < -0.3 is 14.2 Å². The van der Waals surface area contributed by atoms with E-state index in [0.29, 0.717) is 29.7 Å². The predicted molar refractivity (Wildman–Crippen MR) is 68.5 cm³/mol. The van der Waals surface area contributed by atoms with Gasteiger partial charge >= 0.3 is 0 Å². The highest BCUT2D eigenvalue weighted by Gasteiger charge is 2.08. The molecule has 18 heavy (non-hydrogen) atoms. The zero-order chi connectivity index (χ0) is 12.8. The summed E-state index contributed by atoms with van der Waals surface area (Å²) in [5, 5.41) is 0. The molecule has 2 aromatic rings. The first-order valence-corrected chi connectivity index (χ1v) is 5.73. The van der Waals surface area contributed by atoms with Gasteiger partial charge in [-0.15, -0.1) is 0 Å². The van der Waals surface area contributed by atoms with Crippen molar-refractivity contribution in [3.05, 3.63) is 42.6 Å². The van der Waals surface area contributed by atoms with E-state index in [-0.39, 0.29) is 0 Å². The Morgan fingerprint density at radius 1 is 1.11 bits per heavy atom. The number of methoxy groups -OCH3 is 1. The van der Waals surface area contributed by atoms with E-state index in [1.807, 2.05) is 31.2 Å². The molecule has 0 spiro atoms. The molecule has 0 bridgehead atoms. The maximum atomic E-state index is 5.69. The largest absolute Gasteiger partial charge is 0.497 e. The summed E-state index contributed by atoms with van der Waals surface area (Å²) >= 11 is 0. The first-order chi connectivity index (χ1) is 8.83. The van der Waals surface area contributed by atoms with Gasteiger partial charge in [-0.25, -0.2) is 4.98 Å². The van der Waals surface area contributed by atoms with E-state index in [1.54, 1.807) is 25.4 Å². The summed E-state index contributed by atoms with van der Waals surface area (Å²) in [5.41, 5.74) is 0. The van der Waals surface area contributed by atoms with Gasteiger partial charge in [0.2, 0.25) is 5.88 Å². The molecule has 4 heteroatoms. The normalized spacial score (nSPS) is 9.89.